The van der Waals surface area contributed by atoms with Crippen LogP contribution in [0.25, 0.3) is 0 Å². The van der Waals surface area contributed by atoms with E-state index in [0.717, 1.165) is 19.4 Å². The van der Waals surface area contributed by atoms with Gasteiger partial charge in [0.25, 0.3) is 0 Å². The van der Waals surface area contributed by atoms with Gasteiger partial charge in [0.2, 0.25) is 0 Å². The van der Waals surface area contributed by atoms with Crippen molar-refractivity contribution < 1.29 is 5.11 Å². The highest BCUT2D eigenvalue weighted by molar-refractivity contribution is 5.56. The number of aliphatic hydroxyl groups excluding tert-OH is 1. The third kappa shape index (κ3) is 2.38. The summed E-state index contributed by atoms with van der Waals surface area (Å²) in [5, 5.41) is 9.58. The van der Waals surface area contributed by atoms with E-state index in [1.807, 2.05) is 6.07 Å². The van der Waals surface area contributed by atoms with E-state index in [2.05, 4.69) is 36.9 Å². The second-order valence-corrected chi connectivity index (χ2v) is 5.28. The number of hydrogen-bond acceptors (Lipinski definition) is 3. The number of anilines is 1. The third-order valence-corrected chi connectivity index (χ3v) is 4.16. The van der Waals surface area contributed by atoms with E-state index >= 15 is 0 Å². The molecule has 0 bridgehead atoms. The van der Waals surface area contributed by atoms with Gasteiger partial charge in [0.05, 0.1) is 12.6 Å². The molecule has 3 nitrogen and oxygen atoms in total. The third-order valence-electron chi connectivity index (χ3n) is 4.16. The minimum absolute atomic E-state index is 0.0800. The lowest BCUT2D eigenvalue weighted by Crippen LogP contribution is -2.36. The lowest BCUT2D eigenvalue weighted by molar-refractivity contribution is 0.244. The fraction of sp³-hybridized carbons (Fsp3) is 0.600. The van der Waals surface area contributed by atoms with E-state index in [-0.39, 0.29) is 18.7 Å². The number of nitrogens with zero attached hydrogens (tertiary/aromatic N) is 1. The van der Waals surface area contributed by atoms with Crippen molar-refractivity contribution in [1.29, 1.82) is 0 Å². The molecular weight excluding hydrogens is 224 g/mol. The van der Waals surface area contributed by atoms with E-state index in [1.165, 1.54) is 11.3 Å². The van der Waals surface area contributed by atoms with Crippen LogP contribution in [0.4, 0.5) is 5.69 Å². The first-order valence-electron chi connectivity index (χ1n) is 6.91. The molecule has 0 amide bonds. The molecule has 1 heterocycles. The Balaban J connectivity index is 2.33. The van der Waals surface area contributed by atoms with Gasteiger partial charge in [-0.15, -0.1) is 0 Å². The number of para-hydroxylation sites is 1. The molecule has 3 unspecified atom stereocenters. The highest BCUT2D eigenvalue weighted by atomic mass is 16.3. The smallest absolute Gasteiger partial charge is 0.0637 e. The van der Waals surface area contributed by atoms with Crippen molar-refractivity contribution >= 4 is 5.69 Å². The molecule has 1 aliphatic rings. The van der Waals surface area contributed by atoms with E-state index < -0.39 is 0 Å². The van der Waals surface area contributed by atoms with E-state index in [0.29, 0.717) is 5.92 Å². The Kier molecular flexibility index (Phi) is 4.25. The highest BCUT2D eigenvalue weighted by Crippen LogP contribution is 2.34. The van der Waals surface area contributed by atoms with Crippen LogP contribution in [0.2, 0.25) is 0 Å². The number of rotatable bonds is 4. The summed E-state index contributed by atoms with van der Waals surface area (Å²) in [5.41, 5.74) is 8.60. The number of nitrogens with two attached hydrogens (primary N) is 1. The molecule has 1 aromatic rings. The minimum atomic E-state index is 0.0800. The molecule has 1 saturated heterocycles. The SMILES string of the molecule is CCC(N)c1ccccc1N1CCC(C)C1CO. The molecule has 1 aromatic carbocycles. The normalized spacial score (nSPS) is 25.4. The Morgan fingerprint density at radius 2 is 2.17 bits per heavy atom. The topological polar surface area (TPSA) is 49.5 Å². The summed E-state index contributed by atoms with van der Waals surface area (Å²) in [4.78, 5) is 2.33. The molecule has 18 heavy (non-hydrogen) atoms. The van der Waals surface area contributed by atoms with Crippen molar-refractivity contribution in [2.24, 2.45) is 11.7 Å². The Morgan fingerprint density at radius 1 is 1.44 bits per heavy atom. The molecule has 1 aliphatic heterocycles. The van der Waals surface area contributed by atoms with Crippen molar-refractivity contribution in [2.45, 2.75) is 38.8 Å². The summed E-state index contributed by atoms with van der Waals surface area (Å²) in [5.74, 6) is 0.543. The Hall–Kier alpha value is -1.06. The monoisotopic (exact) mass is 248 g/mol. The average molecular weight is 248 g/mol. The van der Waals surface area contributed by atoms with Crippen LogP contribution in [-0.2, 0) is 0 Å². The number of hydrogen-bond donors (Lipinski definition) is 2. The predicted molar refractivity (Wildman–Crippen MR) is 75.7 cm³/mol. The van der Waals surface area contributed by atoms with Crippen molar-refractivity contribution in [3.8, 4) is 0 Å². The summed E-state index contributed by atoms with van der Waals surface area (Å²) in [6.45, 7) is 5.55. The van der Waals surface area contributed by atoms with Gasteiger partial charge in [-0.25, -0.2) is 0 Å². The van der Waals surface area contributed by atoms with Gasteiger partial charge >= 0.3 is 0 Å². The molecule has 2 rings (SSSR count). The Morgan fingerprint density at radius 3 is 2.83 bits per heavy atom. The number of benzene rings is 1. The summed E-state index contributed by atoms with van der Waals surface area (Å²) in [6.07, 6.45) is 2.07. The molecule has 1 fully saturated rings. The quantitative estimate of drug-likeness (QED) is 0.859. The van der Waals surface area contributed by atoms with Crippen LogP contribution in [0, 0.1) is 5.92 Å². The summed E-state index contributed by atoms with van der Waals surface area (Å²) in [6, 6.07) is 8.65. The molecule has 0 aromatic heterocycles. The molecule has 3 N–H and O–H groups in total. The highest BCUT2D eigenvalue weighted by Gasteiger charge is 2.32. The Bertz CT molecular complexity index is 394. The van der Waals surface area contributed by atoms with Crippen molar-refractivity contribution in [3.63, 3.8) is 0 Å². The van der Waals surface area contributed by atoms with Gasteiger partial charge in [0.1, 0.15) is 0 Å². The molecular formula is C15H24N2O. The van der Waals surface area contributed by atoms with Crippen LogP contribution in [0.1, 0.15) is 38.3 Å². The molecule has 0 saturated carbocycles. The zero-order valence-corrected chi connectivity index (χ0v) is 11.3. The van der Waals surface area contributed by atoms with Gasteiger partial charge in [-0.3, -0.25) is 0 Å². The van der Waals surface area contributed by atoms with Gasteiger partial charge in [0.15, 0.2) is 0 Å². The maximum absolute atomic E-state index is 9.58. The lowest BCUT2D eigenvalue weighted by Gasteiger charge is -2.30. The lowest BCUT2D eigenvalue weighted by atomic mass is 10.0. The average Bonchev–Trinajstić information content (AvgIpc) is 2.78. The molecule has 0 radical (unpaired) electrons. The van der Waals surface area contributed by atoms with Crippen molar-refractivity contribution in [1.82, 2.24) is 0 Å². The van der Waals surface area contributed by atoms with Crippen LogP contribution < -0.4 is 10.6 Å². The van der Waals surface area contributed by atoms with Crippen molar-refractivity contribution in [2.75, 3.05) is 18.1 Å². The fourth-order valence-electron chi connectivity index (χ4n) is 2.87. The maximum Gasteiger partial charge on any atom is 0.0637 e. The zero-order chi connectivity index (χ0) is 13.1. The molecule has 3 atom stereocenters. The molecule has 3 heteroatoms. The standard InChI is InChI=1S/C15H24N2O/c1-3-13(16)12-6-4-5-7-14(12)17-9-8-11(2)15(17)10-18/h4-7,11,13,15,18H,3,8-10,16H2,1-2H3. The summed E-state index contributed by atoms with van der Waals surface area (Å²) >= 11 is 0. The molecule has 0 aliphatic carbocycles. The first-order chi connectivity index (χ1) is 8.69. The van der Waals surface area contributed by atoms with Gasteiger partial charge in [-0.05, 0) is 30.4 Å². The first-order valence-corrected chi connectivity index (χ1v) is 6.91. The van der Waals surface area contributed by atoms with Gasteiger partial charge in [-0.1, -0.05) is 32.0 Å². The van der Waals surface area contributed by atoms with Gasteiger partial charge in [0, 0.05) is 18.3 Å². The molecule has 0 spiro atoms. The second-order valence-electron chi connectivity index (χ2n) is 5.28. The van der Waals surface area contributed by atoms with Gasteiger partial charge < -0.3 is 15.7 Å². The second kappa shape index (κ2) is 5.72. The van der Waals surface area contributed by atoms with E-state index in [1.54, 1.807) is 0 Å². The zero-order valence-electron chi connectivity index (χ0n) is 11.3. The van der Waals surface area contributed by atoms with E-state index in [9.17, 15) is 5.11 Å². The maximum atomic E-state index is 9.58. The van der Waals surface area contributed by atoms with Crippen LogP contribution in [0.3, 0.4) is 0 Å². The molecule has 100 valence electrons. The van der Waals surface area contributed by atoms with Crippen LogP contribution in [0.5, 0.6) is 0 Å². The predicted octanol–water partition coefficient (Wildman–Crippen LogP) is 2.30. The fourth-order valence-corrected chi connectivity index (χ4v) is 2.87. The van der Waals surface area contributed by atoms with Crippen LogP contribution in [0.15, 0.2) is 24.3 Å². The minimum Gasteiger partial charge on any atom is -0.394 e. The summed E-state index contributed by atoms with van der Waals surface area (Å²) < 4.78 is 0. The Labute approximate surface area is 110 Å². The van der Waals surface area contributed by atoms with Crippen LogP contribution >= 0.6 is 0 Å². The first kappa shape index (κ1) is 13.4. The van der Waals surface area contributed by atoms with Gasteiger partial charge in [-0.2, -0.15) is 0 Å². The van der Waals surface area contributed by atoms with E-state index in [4.69, 9.17) is 5.73 Å². The van der Waals surface area contributed by atoms with Crippen molar-refractivity contribution in [3.05, 3.63) is 29.8 Å². The largest absolute Gasteiger partial charge is 0.394 e. The number of aliphatic hydroxyl groups is 1. The summed E-state index contributed by atoms with van der Waals surface area (Å²) in [7, 11) is 0. The van der Waals surface area contributed by atoms with Crippen LogP contribution in [-0.4, -0.2) is 24.3 Å².